The molecule has 2 N–H and O–H groups in total. The maximum absolute atomic E-state index is 12.5. The molecular weight excluding hydrogens is 392 g/mol. The van der Waals surface area contributed by atoms with Crippen LogP contribution >= 0.6 is 0 Å². The number of hydrogen-bond acceptors (Lipinski definition) is 2. The fourth-order valence-corrected chi connectivity index (χ4v) is 8.90. The number of aliphatic hydroxyl groups is 2. The first-order valence-electron chi connectivity index (χ1n) is 13.2. The van der Waals surface area contributed by atoms with Crippen molar-refractivity contribution in [2.75, 3.05) is 0 Å². The lowest BCUT2D eigenvalue weighted by Gasteiger charge is -2.68. The molecule has 4 rings (SSSR count). The standard InChI is InChI=1S/C30H48O2/c1-20(2)10-9-11-21(3)27(6)16-14-22-23-12-13-24-26(4,5)25(31)15-17-29(24,8)30(23,32)19-18-28(22,27)7/h9-11,14,21,23-25,31-32H,12-13,15-19H2,1-8H3/b11-9-/t21-,23+,24+,25-,27+,28-,29+,30-/m1/s1. The average Bonchev–Trinajstić information content (AvgIpc) is 2.98. The van der Waals surface area contributed by atoms with Crippen LogP contribution < -0.4 is 0 Å². The van der Waals surface area contributed by atoms with Crippen LogP contribution in [0.15, 0.2) is 35.5 Å². The first kappa shape index (κ1) is 24.3. The summed E-state index contributed by atoms with van der Waals surface area (Å²) in [5.41, 5.74) is 2.33. The van der Waals surface area contributed by atoms with Gasteiger partial charge in [-0.25, -0.2) is 0 Å². The molecule has 8 atom stereocenters. The molecule has 32 heavy (non-hydrogen) atoms. The van der Waals surface area contributed by atoms with E-state index in [2.05, 4.69) is 79.7 Å². The molecule has 2 nitrogen and oxygen atoms in total. The van der Waals surface area contributed by atoms with Crippen molar-refractivity contribution in [3.05, 3.63) is 35.5 Å². The van der Waals surface area contributed by atoms with Gasteiger partial charge in [-0.1, -0.05) is 77.0 Å². The normalized spacial score (nSPS) is 48.4. The van der Waals surface area contributed by atoms with Gasteiger partial charge < -0.3 is 10.2 Å². The number of fused-ring (bicyclic) bond motifs is 5. The Labute approximate surface area is 197 Å². The molecule has 0 saturated heterocycles. The number of hydrogen-bond donors (Lipinski definition) is 2. The third kappa shape index (κ3) is 3.04. The maximum Gasteiger partial charge on any atom is 0.0769 e. The van der Waals surface area contributed by atoms with Crippen LogP contribution in [0.3, 0.4) is 0 Å². The van der Waals surface area contributed by atoms with Crippen LogP contribution in [0.4, 0.5) is 0 Å². The molecule has 0 aromatic heterocycles. The highest BCUT2D eigenvalue weighted by atomic mass is 16.3. The van der Waals surface area contributed by atoms with Gasteiger partial charge in [-0.3, -0.25) is 0 Å². The molecule has 0 aliphatic heterocycles. The van der Waals surface area contributed by atoms with Gasteiger partial charge in [0.05, 0.1) is 11.7 Å². The van der Waals surface area contributed by atoms with E-state index in [4.69, 9.17) is 0 Å². The molecule has 0 spiro atoms. The smallest absolute Gasteiger partial charge is 0.0769 e. The lowest BCUT2D eigenvalue weighted by molar-refractivity contribution is -0.242. The Bertz CT molecular complexity index is 845. The second kappa shape index (κ2) is 7.57. The molecule has 4 aliphatic rings. The van der Waals surface area contributed by atoms with E-state index in [1.54, 1.807) is 5.57 Å². The topological polar surface area (TPSA) is 40.5 Å². The first-order valence-corrected chi connectivity index (χ1v) is 13.2. The lowest BCUT2D eigenvalue weighted by Crippen LogP contribution is -2.67. The summed E-state index contributed by atoms with van der Waals surface area (Å²) in [5.74, 6) is 1.13. The van der Waals surface area contributed by atoms with Crippen molar-refractivity contribution in [1.29, 1.82) is 0 Å². The van der Waals surface area contributed by atoms with Crippen LogP contribution in [0.2, 0.25) is 0 Å². The minimum Gasteiger partial charge on any atom is -0.393 e. The highest BCUT2D eigenvalue weighted by Gasteiger charge is 2.69. The van der Waals surface area contributed by atoms with E-state index < -0.39 is 5.60 Å². The van der Waals surface area contributed by atoms with Gasteiger partial charge in [0.2, 0.25) is 0 Å². The van der Waals surface area contributed by atoms with Gasteiger partial charge in [0.25, 0.3) is 0 Å². The number of allylic oxidation sites excluding steroid dienone is 5. The number of rotatable bonds is 3. The molecule has 0 heterocycles. The molecule has 0 aromatic carbocycles. The molecule has 180 valence electrons. The van der Waals surface area contributed by atoms with Crippen LogP contribution in [0.1, 0.15) is 100 Å². The van der Waals surface area contributed by atoms with E-state index in [1.807, 2.05) is 0 Å². The van der Waals surface area contributed by atoms with Crippen LogP contribution in [0, 0.1) is 39.4 Å². The zero-order valence-corrected chi connectivity index (χ0v) is 22.0. The van der Waals surface area contributed by atoms with Crippen molar-refractivity contribution in [2.24, 2.45) is 39.4 Å². The van der Waals surface area contributed by atoms with Gasteiger partial charge in [0, 0.05) is 11.3 Å². The second-order valence-electron chi connectivity index (χ2n) is 13.4. The predicted octanol–water partition coefficient (Wildman–Crippen LogP) is 7.23. The summed E-state index contributed by atoms with van der Waals surface area (Å²) in [6.07, 6.45) is 16.1. The molecule has 3 saturated carbocycles. The van der Waals surface area contributed by atoms with Crippen molar-refractivity contribution < 1.29 is 10.2 Å². The van der Waals surface area contributed by atoms with Gasteiger partial charge in [-0.15, -0.1) is 0 Å². The Morgan fingerprint density at radius 1 is 1.03 bits per heavy atom. The summed E-state index contributed by atoms with van der Waals surface area (Å²) in [6, 6.07) is 0. The third-order valence-corrected chi connectivity index (χ3v) is 11.6. The molecule has 0 bridgehead atoms. The average molecular weight is 441 g/mol. The zero-order valence-electron chi connectivity index (χ0n) is 22.0. The molecule has 0 aromatic rings. The highest BCUT2D eigenvalue weighted by Crippen LogP contribution is 2.72. The predicted molar refractivity (Wildman–Crippen MR) is 134 cm³/mol. The fourth-order valence-electron chi connectivity index (χ4n) is 8.90. The maximum atomic E-state index is 12.5. The summed E-state index contributed by atoms with van der Waals surface area (Å²) in [7, 11) is 0. The van der Waals surface area contributed by atoms with Gasteiger partial charge in [-0.2, -0.15) is 0 Å². The van der Waals surface area contributed by atoms with Gasteiger partial charge in [0.15, 0.2) is 0 Å². The van der Waals surface area contributed by atoms with Crippen molar-refractivity contribution >= 4 is 0 Å². The molecule has 4 aliphatic carbocycles. The van der Waals surface area contributed by atoms with Gasteiger partial charge in [-0.05, 0) is 86.9 Å². The summed E-state index contributed by atoms with van der Waals surface area (Å²) in [6.45, 7) is 18.5. The molecule has 0 radical (unpaired) electrons. The Morgan fingerprint density at radius 2 is 1.72 bits per heavy atom. The minimum atomic E-state index is -0.648. The monoisotopic (exact) mass is 440 g/mol. The van der Waals surface area contributed by atoms with Crippen LogP contribution in [-0.2, 0) is 0 Å². The molecule has 0 unspecified atom stereocenters. The van der Waals surface area contributed by atoms with E-state index in [1.165, 1.54) is 5.57 Å². The van der Waals surface area contributed by atoms with E-state index in [-0.39, 0.29) is 33.7 Å². The lowest BCUT2D eigenvalue weighted by atomic mass is 9.39. The molecular formula is C30H48O2. The highest BCUT2D eigenvalue weighted by molar-refractivity contribution is 5.37. The van der Waals surface area contributed by atoms with E-state index in [0.29, 0.717) is 11.8 Å². The summed E-state index contributed by atoms with van der Waals surface area (Å²) >= 11 is 0. The summed E-state index contributed by atoms with van der Waals surface area (Å²) < 4.78 is 0. The Balaban J connectivity index is 1.67. The Kier molecular flexibility index (Phi) is 5.74. The van der Waals surface area contributed by atoms with Crippen LogP contribution in [-0.4, -0.2) is 21.9 Å². The van der Waals surface area contributed by atoms with Crippen LogP contribution in [0.5, 0.6) is 0 Å². The van der Waals surface area contributed by atoms with Crippen molar-refractivity contribution in [3.63, 3.8) is 0 Å². The van der Waals surface area contributed by atoms with Gasteiger partial charge in [0.1, 0.15) is 0 Å². The summed E-state index contributed by atoms with van der Waals surface area (Å²) in [4.78, 5) is 0. The Morgan fingerprint density at radius 3 is 2.38 bits per heavy atom. The zero-order chi connectivity index (χ0) is 23.7. The van der Waals surface area contributed by atoms with E-state index in [9.17, 15) is 10.2 Å². The van der Waals surface area contributed by atoms with Crippen molar-refractivity contribution in [3.8, 4) is 0 Å². The molecule has 3 fully saturated rings. The fraction of sp³-hybridized carbons (Fsp3) is 0.800. The number of aliphatic hydroxyl groups excluding tert-OH is 1. The van der Waals surface area contributed by atoms with Crippen LogP contribution in [0.25, 0.3) is 0 Å². The van der Waals surface area contributed by atoms with Gasteiger partial charge >= 0.3 is 0 Å². The van der Waals surface area contributed by atoms with E-state index >= 15 is 0 Å². The van der Waals surface area contributed by atoms with Crippen molar-refractivity contribution in [2.45, 2.75) is 112 Å². The third-order valence-electron chi connectivity index (χ3n) is 11.6. The largest absolute Gasteiger partial charge is 0.393 e. The van der Waals surface area contributed by atoms with Crippen molar-refractivity contribution in [1.82, 2.24) is 0 Å². The molecule has 2 heteroatoms. The first-order chi connectivity index (χ1) is 14.7. The quantitative estimate of drug-likeness (QED) is 0.359. The molecule has 0 amide bonds. The Hall–Kier alpha value is -0.860. The second-order valence-corrected chi connectivity index (χ2v) is 13.4. The summed E-state index contributed by atoms with van der Waals surface area (Å²) in [5, 5.41) is 23.3. The van der Waals surface area contributed by atoms with E-state index in [0.717, 1.165) is 44.9 Å². The SMILES string of the molecule is CC(C)=C/C=C\[C@@H](C)[C@]1(C)CC=C2[C@@H]3CC[C@H]4C(C)(C)[C@H](O)CC[C@]4(C)[C@@]3(O)CC[C@]21C. The minimum absolute atomic E-state index is 0.116.